The molecule has 0 bridgehead atoms. The minimum Gasteiger partial charge on any atom is -0.317 e. The molecular formula is C15H24N2O2S. The number of benzene rings is 1. The molecule has 1 aliphatic heterocycles. The van der Waals surface area contributed by atoms with Crippen molar-refractivity contribution in [2.75, 3.05) is 20.1 Å². The zero-order valence-corrected chi connectivity index (χ0v) is 13.3. The highest BCUT2D eigenvalue weighted by Gasteiger charge is 2.33. The van der Waals surface area contributed by atoms with Crippen LogP contribution in [0.1, 0.15) is 25.3 Å². The van der Waals surface area contributed by atoms with E-state index < -0.39 is 10.0 Å². The SMILES string of the molecule is CCC1CN(S(=O)(=O)c2cccc(C)c2)CCC1NC. The first-order chi connectivity index (χ1) is 9.48. The molecule has 0 spiro atoms. The van der Waals surface area contributed by atoms with Crippen molar-refractivity contribution in [1.82, 2.24) is 9.62 Å². The highest BCUT2D eigenvalue weighted by Crippen LogP contribution is 2.26. The van der Waals surface area contributed by atoms with E-state index in [0.29, 0.717) is 29.9 Å². The summed E-state index contributed by atoms with van der Waals surface area (Å²) >= 11 is 0. The number of rotatable bonds is 4. The first kappa shape index (κ1) is 15.5. The Morgan fingerprint density at radius 1 is 1.40 bits per heavy atom. The Morgan fingerprint density at radius 3 is 2.75 bits per heavy atom. The lowest BCUT2D eigenvalue weighted by Crippen LogP contribution is -2.49. The maximum Gasteiger partial charge on any atom is 0.243 e. The molecule has 0 amide bonds. The van der Waals surface area contributed by atoms with Crippen LogP contribution in [0.15, 0.2) is 29.2 Å². The third-order valence-corrected chi connectivity index (χ3v) is 6.08. The third kappa shape index (κ3) is 3.05. The predicted molar refractivity (Wildman–Crippen MR) is 81.2 cm³/mol. The molecule has 0 radical (unpaired) electrons. The summed E-state index contributed by atoms with van der Waals surface area (Å²) in [5.74, 6) is 0.383. The number of nitrogens with zero attached hydrogens (tertiary/aromatic N) is 1. The van der Waals surface area contributed by atoms with Gasteiger partial charge >= 0.3 is 0 Å². The van der Waals surface area contributed by atoms with Gasteiger partial charge in [0, 0.05) is 19.1 Å². The largest absolute Gasteiger partial charge is 0.317 e. The minimum absolute atomic E-state index is 0.383. The van der Waals surface area contributed by atoms with Gasteiger partial charge in [-0.05, 0) is 44.0 Å². The number of hydrogen-bond donors (Lipinski definition) is 1. The summed E-state index contributed by atoms with van der Waals surface area (Å²) in [6.07, 6.45) is 1.87. The summed E-state index contributed by atoms with van der Waals surface area (Å²) in [6.45, 7) is 5.25. The van der Waals surface area contributed by atoms with Gasteiger partial charge < -0.3 is 5.32 Å². The van der Waals surface area contributed by atoms with Crippen LogP contribution in [0, 0.1) is 12.8 Å². The van der Waals surface area contributed by atoms with E-state index in [2.05, 4.69) is 12.2 Å². The van der Waals surface area contributed by atoms with E-state index in [1.165, 1.54) is 0 Å². The first-order valence-electron chi connectivity index (χ1n) is 7.23. The van der Waals surface area contributed by atoms with Gasteiger partial charge in [-0.15, -0.1) is 0 Å². The van der Waals surface area contributed by atoms with E-state index in [-0.39, 0.29) is 0 Å². The van der Waals surface area contributed by atoms with E-state index in [1.54, 1.807) is 22.5 Å². The van der Waals surface area contributed by atoms with Gasteiger partial charge in [0.1, 0.15) is 0 Å². The molecule has 1 heterocycles. The normalized spacial score (nSPS) is 24.8. The fraction of sp³-hybridized carbons (Fsp3) is 0.600. The lowest BCUT2D eigenvalue weighted by atomic mass is 9.91. The van der Waals surface area contributed by atoms with E-state index in [4.69, 9.17) is 0 Å². The van der Waals surface area contributed by atoms with Crippen LogP contribution in [0.4, 0.5) is 0 Å². The van der Waals surface area contributed by atoms with Crippen molar-refractivity contribution in [2.24, 2.45) is 5.92 Å². The van der Waals surface area contributed by atoms with Crippen LogP contribution in [0.3, 0.4) is 0 Å². The molecule has 1 N–H and O–H groups in total. The standard InChI is InChI=1S/C15H24N2O2S/c1-4-13-11-17(9-8-15(13)16-3)20(18,19)14-7-5-6-12(2)10-14/h5-7,10,13,15-16H,4,8-9,11H2,1-3H3. The van der Waals surface area contributed by atoms with Gasteiger partial charge in [-0.1, -0.05) is 25.5 Å². The number of hydrogen-bond acceptors (Lipinski definition) is 3. The highest BCUT2D eigenvalue weighted by molar-refractivity contribution is 7.89. The van der Waals surface area contributed by atoms with Gasteiger partial charge in [0.05, 0.1) is 4.90 Å². The maximum absolute atomic E-state index is 12.7. The second-order valence-corrected chi connectivity index (χ2v) is 7.47. The Kier molecular flexibility index (Phi) is 4.83. The van der Waals surface area contributed by atoms with Crippen molar-refractivity contribution in [3.05, 3.63) is 29.8 Å². The topological polar surface area (TPSA) is 49.4 Å². The van der Waals surface area contributed by atoms with Crippen molar-refractivity contribution in [1.29, 1.82) is 0 Å². The van der Waals surface area contributed by atoms with E-state index >= 15 is 0 Å². The Morgan fingerprint density at radius 2 is 2.15 bits per heavy atom. The fourth-order valence-electron chi connectivity index (χ4n) is 2.94. The summed E-state index contributed by atoms with van der Waals surface area (Å²) in [6, 6.07) is 7.58. The first-order valence-corrected chi connectivity index (χ1v) is 8.67. The zero-order valence-electron chi connectivity index (χ0n) is 12.5. The van der Waals surface area contributed by atoms with Gasteiger partial charge in [-0.2, -0.15) is 4.31 Å². The van der Waals surface area contributed by atoms with Crippen LogP contribution >= 0.6 is 0 Å². The number of sulfonamides is 1. The molecule has 20 heavy (non-hydrogen) atoms. The monoisotopic (exact) mass is 296 g/mol. The second-order valence-electron chi connectivity index (χ2n) is 5.53. The fourth-order valence-corrected chi connectivity index (χ4v) is 4.55. The zero-order chi connectivity index (χ0) is 14.8. The number of aryl methyl sites for hydroxylation is 1. The van der Waals surface area contributed by atoms with Gasteiger partial charge in [-0.25, -0.2) is 8.42 Å². The third-order valence-electron chi connectivity index (χ3n) is 4.22. The van der Waals surface area contributed by atoms with Crippen LogP contribution in [0.25, 0.3) is 0 Å². The molecule has 1 aliphatic rings. The lowest BCUT2D eigenvalue weighted by Gasteiger charge is -2.37. The molecule has 1 saturated heterocycles. The summed E-state index contributed by atoms with van der Waals surface area (Å²) in [7, 11) is -1.40. The van der Waals surface area contributed by atoms with Crippen LogP contribution in [-0.2, 0) is 10.0 Å². The molecule has 1 fully saturated rings. The van der Waals surface area contributed by atoms with Gasteiger partial charge in [0.25, 0.3) is 0 Å². The smallest absolute Gasteiger partial charge is 0.243 e. The Balaban J connectivity index is 2.23. The van der Waals surface area contributed by atoms with Crippen LogP contribution in [0.5, 0.6) is 0 Å². The molecule has 2 rings (SSSR count). The van der Waals surface area contributed by atoms with Gasteiger partial charge in [0.15, 0.2) is 0 Å². The molecule has 0 saturated carbocycles. The van der Waals surface area contributed by atoms with Crippen LogP contribution in [-0.4, -0.2) is 38.9 Å². The summed E-state index contributed by atoms with van der Waals surface area (Å²) < 4.78 is 27.0. The average Bonchev–Trinajstić information content (AvgIpc) is 2.46. The average molecular weight is 296 g/mol. The minimum atomic E-state index is -3.35. The second kappa shape index (κ2) is 6.24. The van der Waals surface area contributed by atoms with Crippen molar-refractivity contribution in [3.63, 3.8) is 0 Å². The molecule has 0 aromatic heterocycles. The highest BCUT2D eigenvalue weighted by atomic mass is 32.2. The van der Waals surface area contributed by atoms with Crippen molar-refractivity contribution < 1.29 is 8.42 Å². The summed E-state index contributed by atoms with van der Waals surface area (Å²) in [5, 5.41) is 3.30. The van der Waals surface area contributed by atoms with Crippen LogP contribution < -0.4 is 5.32 Å². The Bertz CT molecular complexity index is 557. The van der Waals surface area contributed by atoms with E-state index in [0.717, 1.165) is 18.4 Å². The van der Waals surface area contributed by atoms with E-state index in [1.807, 2.05) is 20.0 Å². The summed E-state index contributed by atoms with van der Waals surface area (Å²) in [5.41, 5.74) is 0.975. The molecule has 5 heteroatoms. The molecule has 4 nitrogen and oxygen atoms in total. The number of piperidine rings is 1. The van der Waals surface area contributed by atoms with E-state index in [9.17, 15) is 8.42 Å². The van der Waals surface area contributed by atoms with Gasteiger partial charge in [0.2, 0.25) is 10.0 Å². The lowest BCUT2D eigenvalue weighted by molar-refractivity contribution is 0.209. The maximum atomic E-state index is 12.7. The molecule has 1 aromatic rings. The predicted octanol–water partition coefficient (Wildman–Crippen LogP) is 2.00. The molecule has 2 unspecified atom stereocenters. The Labute approximate surface area is 122 Å². The van der Waals surface area contributed by atoms with Crippen molar-refractivity contribution in [2.45, 2.75) is 37.6 Å². The van der Waals surface area contributed by atoms with Crippen molar-refractivity contribution in [3.8, 4) is 0 Å². The Hall–Kier alpha value is -0.910. The molecule has 112 valence electrons. The molecule has 2 atom stereocenters. The van der Waals surface area contributed by atoms with Gasteiger partial charge in [-0.3, -0.25) is 0 Å². The number of nitrogens with one attached hydrogen (secondary N) is 1. The quantitative estimate of drug-likeness (QED) is 0.924. The molecule has 0 aliphatic carbocycles. The van der Waals surface area contributed by atoms with Crippen molar-refractivity contribution >= 4 is 10.0 Å². The summed E-state index contributed by atoms with van der Waals surface area (Å²) in [4.78, 5) is 0.412. The van der Waals surface area contributed by atoms with Crippen LogP contribution in [0.2, 0.25) is 0 Å². The molecular weight excluding hydrogens is 272 g/mol. The molecule has 1 aromatic carbocycles.